The van der Waals surface area contributed by atoms with Crippen molar-refractivity contribution in [2.45, 2.75) is 70.6 Å². The minimum atomic E-state index is 0.00951. The van der Waals surface area contributed by atoms with E-state index in [1.54, 1.807) is 0 Å². The largest absolute Gasteiger partial charge is 0.369 e. The van der Waals surface area contributed by atoms with E-state index in [0.29, 0.717) is 5.92 Å². The third-order valence-corrected chi connectivity index (χ3v) is 4.25. The van der Waals surface area contributed by atoms with E-state index in [9.17, 15) is 0 Å². The van der Waals surface area contributed by atoms with Gasteiger partial charge in [0.15, 0.2) is 0 Å². The number of ether oxygens (including phenoxy) is 1. The lowest BCUT2D eigenvalue weighted by Gasteiger charge is -2.39. The number of nitrogens with one attached hydrogen (secondary N) is 1. The Bertz CT molecular complexity index is 251. The van der Waals surface area contributed by atoms with Crippen LogP contribution in [0.4, 0.5) is 0 Å². The molecule has 2 aliphatic heterocycles. The van der Waals surface area contributed by atoms with Crippen LogP contribution in [0.1, 0.15) is 53.9 Å². The van der Waals surface area contributed by atoms with Crippen molar-refractivity contribution < 1.29 is 4.74 Å². The lowest BCUT2D eigenvalue weighted by Crippen LogP contribution is -2.50. The molecule has 2 heteroatoms. The number of hydrogen-bond donors (Lipinski definition) is 1. The molecule has 0 aliphatic carbocycles. The summed E-state index contributed by atoms with van der Waals surface area (Å²) in [6, 6.07) is 0. The second-order valence-electron chi connectivity index (χ2n) is 6.67. The predicted octanol–water partition coefficient (Wildman–Crippen LogP) is 2.72. The van der Waals surface area contributed by atoms with E-state index in [1.807, 2.05) is 0 Å². The molecule has 2 saturated heterocycles. The Morgan fingerprint density at radius 1 is 1.13 bits per heavy atom. The molecule has 2 fully saturated rings. The standard InChI is InChI=1S/C13H25NO/c1-11(2)9-10(12(3,4)15-11)13(5)7-6-8-14-13/h10,14H,6-9H2,1-5H3. The van der Waals surface area contributed by atoms with Crippen LogP contribution in [0.15, 0.2) is 0 Å². The zero-order valence-electron chi connectivity index (χ0n) is 10.8. The van der Waals surface area contributed by atoms with E-state index < -0.39 is 0 Å². The van der Waals surface area contributed by atoms with Crippen LogP contribution in [0.5, 0.6) is 0 Å². The van der Waals surface area contributed by atoms with Gasteiger partial charge < -0.3 is 10.1 Å². The highest BCUT2D eigenvalue weighted by Crippen LogP contribution is 2.49. The molecule has 2 heterocycles. The Labute approximate surface area is 93.8 Å². The van der Waals surface area contributed by atoms with Gasteiger partial charge in [-0.15, -0.1) is 0 Å². The van der Waals surface area contributed by atoms with Crippen molar-refractivity contribution in [1.29, 1.82) is 0 Å². The molecule has 2 nitrogen and oxygen atoms in total. The summed E-state index contributed by atoms with van der Waals surface area (Å²) >= 11 is 0. The number of hydrogen-bond acceptors (Lipinski definition) is 2. The van der Waals surface area contributed by atoms with Gasteiger partial charge in [0.05, 0.1) is 11.2 Å². The van der Waals surface area contributed by atoms with Crippen LogP contribution < -0.4 is 5.32 Å². The zero-order valence-corrected chi connectivity index (χ0v) is 10.8. The molecular weight excluding hydrogens is 186 g/mol. The van der Waals surface area contributed by atoms with Crippen molar-refractivity contribution in [3.05, 3.63) is 0 Å². The first-order valence-electron chi connectivity index (χ1n) is 6.20. The van der Waals surface area contributed by atoms with Crippen LogP contribution in [0, 0.1) is 5.92 Å². The predicted molar refractivity (Wildman–Crippen MR) is 63.0 cm³/mol. The van der Waals surface area contributed by atoms with Gasteiger partial charge in [-0.2, -0.15) is 0 Å². The quantitative estimate of drug-likeness (QED) is 0.720. The van der Waals surface area contributed by atoms with Crippen molar-refractivity contribution in [3.63, 3.8) is 0 Å². The summed E-state index contributed by atoms with van der Waals surface area (Å²) in [5.41, 5.74) is 0.342. The highest BCUT2D eigenvalue weighted by molar-refractivity contribution is 5.07. The summed E-state index contributed by atoms with van der Waals surface area (Å²) in [4.78, 5) is 0. The molecule has 0 spiro atoms. The molecular formula is C13H25NO. The second kappa shape index (κ2) is 3.21. The maximum Gasteiger partial charge on any atom is 0.0680 e. The fourth-order valence-electron chi connectivity index (χ4n) is 3.77. The lowest BCUT2D eigenvalue weighted by atomic mass is 9.73. The van der Waals surface area contributed by atoms with Crippen molar-refractivity contribution >= 4 is 0 Å². The first kappa shape index (κ1) is 11.4. The topological polar surface area (TPSA) is 21.3 Å². The highest BCUT2D eigenvalue weighted by Gasteiger charge is 2.54. The van der Waals surface area contributed by atoms with Gasteiger partial charge in [-0.25, -0.2) is 0 Å². The Morgan fingerprint density at radius 3 is 2.20 bits per heavy atom. The molecule has 2 aliphatic rings. The second-order valence-corrected chi connectivity index (χ2v) is 6.67. The van der Waals surface area contributed by atoms with Gasteiger partial charge in [0.1, 0.15) is 0 Å². The normalized spacial score (nSPS) is 43.4. The van der Waals surface area contributed by atoms with Gasteiger partial charge in [-0.1, -0.05) is 0 Å². The molecule has 2 atom stereocenters. The molecule has 88 valence electrons. The molecule has 0 bridgehead atoms. The van der Waals surface area contributed by atoms with Crippen LogP contribution in [0.25, 0.3) is 0 Å². The SMILES string of the molecule is CC1(C)CC(C2(C)CCCN2)C(C)(C)O1. The maximum atomic E-state index is 6.19. The van der Waals surface area contributed by atoms with Crippen LogP contribution in [0.3, 0.4) is 0 Å². The van der Waals surface area contributed by atoms with Crippen molar-refractivity contribution in [3.8, 4) is 0 Å². The van der Waals surface area contributed by atoms with E-state index in [-0.39, 0.29) is 16.7 Å². The Balaban J connectivity index is 2.22. The van der Waals surface area contributed by atoms with Crippen LogP contribution >= 0.6 is 0 Å². The molecule has 2 unspecified atom stereocenters. The summed E-state index contributed by atoms with van der Waals surface area (Å²) in [6.45, 7) is 12.5. The van der Waals surface area contributed by atoms with Crippen molar-refractivity contribution in [2.75, 3.05) is 6.54 Å². The Morgan fingerprint density at radius 2 is 1.80 bits per heavy atom. The van der Waals surface area contributed by atoms with Crippen LogP contribution in [-0.4, -0.2) is 23.3 Å². The van der Waals surface area contributed by atoms with Crippen molar-refractivity contribution in [2.24, 2.45) is 5.92 Å². The highest BCUT2D eigenvalue weighted by atomic mass is 16.5. The first-order valence-corrected chi connectivity index (χ1v) is 6.20. The van der Waals surface area contributed by atoms with Gasteiger partial charge in [0, 0.05) is 11.5 Å². The first-order chi connectivity index (χ1) is 6.75. The van der Waals surface area contributed by atoms with E-state index in [0.717, 1.165) is 0 Å². The lowest BCUT2D eigenvalue weighted by molar-refractivity contribution is -0.0821. The Kier molecular flexibility index (Phi) is 2.44. The molecule has 2 rings (SSSR count). The monoisotopic (exact) mass is 211 g/mol. The number of rotatable bonds is 1. The summed E-state index contributed by atoms with van der Waals surface area (Å²) in [5, 5.41) is 3.69. The van der Waals surface area contributed by atoms with Gasteiger partial charge >= 0.3 is 0 Å². The molecule has 0 radical (unpaired) electrons. The molecule has 15 heavy (non-hydrogen) atoms. The summed E-state index contributed by atoms with van der Waals surface area (Å²) < 4.78 is 6.19. The molecule has 0 aromatic carbocycles. The summed E-state index contributed by atoms with van der Waals surface area (Å²) in [5.74, 6) is 0.627. The minimum Gasteiger partial charge on any atom is -0.369 e. The van der Waals surface area contributed by atoms with E-state index in [4.69, 9.17) is 4.74 Å². The summed E-state index contributed by atoms with van der Waals surface area (Å²) in [7, 11) is 0. The molecule has 1 N–H and O–H groups in total. The van der Waals surface area contributed by atoms with Crippen LogP contribution in [-0.2, 0) is 4.74 Å². The van der Waals surface area contributed by atoms with Gasteiger partial charge in [0.2, 0.25) is 0 Å². The zero-order chi connectivity index (χ0) is 11.3. The maximum absolute atomic E-state index is 6.19. The molecule has 0 saturated carbocycles. The third-order valence-electron chi connectivity index (χ3n) is 4.25. The third kappa shape index (κ3) is 1.94. The minimum absolute atomic E-state index is 0.00951. The fraction of sp³-hybridized carbons (Fsp3) is 1.00. The molecule has 0 aromatic rings. The van der Waals surface area contributed by atoms with E-state index in [2.05, 4.69) is 39.9 Å². The van der Waals surface area contributed by atoms with E-state index >= 15 is 0 Å². The summed E-state index contributed by atoms with van der Waals surface area (Å²) in [6.07, 6.45) is 3.77. The molecule has 0 aromatic heterocycles. The fourth-order valence-corrected chi connectivity index (χ4v) is 3.77. The van der Waals surface area contributed by atoms with Gasteiger partial charge in [-0.3, -0.25) is 0 Å². The Hall–Kier alpha value is -0.0800. The average Bonchev–Trinajstić information content (AvgIpc) is 2.54. The van der Waals surface area contributed by atoms with Crippen LogP contribution in [0.2, 0.25) is 0 Å². The van der Waals surface area contributed by atoms with E-state index in [1.165, 1.54) is 25.8 Å². The van der Waals surface area contributed by atoms with Gasteiger partial charge in [0.25, 0.3) is 0 Å². The smallest absolute Gasteiger partial charge is 0.0680 e. The van der Waals surface area contributed by atoms with Gasteiger partial charge in [-0.05, 0) is 60.4 Å². The van der Waals surface area contributed by atoms with Crippen molar-refractivity contribution in [1.82, 2.24) is 5.32 Å². The average molecular weight is 211 g/mol. The molecule has 0 amide bonds.